The number of rotatable bonds is 3. The van der Waals surface area contributed by atoms with Crippen LogP contribution < -0.4 is 4.74 Å². The maximum Gasteiger partial charge on any atom is 0.229 e. The summed E-state index contributed by atoms with van der Waals surface area (Å²) in [6.07, 6.45) is 1.65. The SMILES string of the molecule is C=CCC1=C(O)C(=O)c2c(ccc3ccc(OC)cc23)C1=O. The largest absolute Gasteiger partial charge is 0.504 e. The summed E-state index contributed by atoms with van der Waals surface area (Å²) in [4.78, 5) is 25.0. The van der Waals surface area contributed by atoms with Gasteiger partial charge < -0.3 is 9.84 Å². The van der Waals surface area contributed by atoms with Crippen LogP contribution in [-0.4, -0.2) is 23.8 Å². The van der Waals surface area contributed by atoms with E-state index in [1.165, 1.54) is 13.2 Å². The summed E-state index contributed by atoms with van der Waals surface area (Å²) < 4.78 is 5.18. The average Bonchev–Trinajstić information content (AvgIpc) is 2.55. The highest BCUT2D eigenvalue weighted by molar-refractivity contribution is 6.30. The lowest BCUT2D eigenvalue weighted by Gasteiger charge is -2.19. The van der Waals surface area contributed by atoms with E-state index < -0.39 is 11.5 Å². The number of carbonyl (C=O) groups is 2. The molecule has 0 spiro atoms. The molecule has 0 heterocycles. The second-order valence-corrected chi connectivity index (χ2v) is 5.05. The third-order valence-corrected chi connectivity index (χ3v) is 3.82. The third kappa shape index (κ3) is 1.92. The Morgan fingerprint density at radius 1 is 1.18 bits per heavy atom. The van der Waals surface area contributed by atoms with Crippen molar-refractivity contribution in [2.45, 2.75) is 6.42 Å². The van der Waals surface area contributed by atoms with E-state index >= 15 is 0 Å². The molecule has 3 rings (SSSR count). The van der Waals surface area contributed by atoms with E-state index in [1.54, 1.807) is 24.3 Å². The number of aliphatic hydroxyl groups is 1. The minimum atomic E-state index is -0.537. The first-order chi connectivity index (χ1) is 10.6. The van der Waals surface area contributed by atoms with E-state index in [0.29, 0.717) is 16.7 Å². The summed E-state index contributed by atoms with van der Waals surface area (Å²) in [6.45, 7) is 3.55. The van der Waals surface area contributed by atoms with Crippen LogP contribution in [0.2, 0.25) is 0 Å². The van der Waals surface area contributed by atoms with E-state index in [4.69, 9.17) is 4.74 Å². The Morgan fingerprint density at radius 3 is 2.59 bits per heavy atom. The Labute approximate surface area is 127 Å². The molecular weight excluding hydrogens is 280 g/mol. The lowest BCUT2D eigenvalue weighted by molar-refractivity contribution is 0.0929. The van der Waals surface area contributed by atoms with E-state index in [1.807, 2.05) is 6.07 Å². The Balaban J connectivity index is 2.33. The van der Waals surface area contributed by atoms with Crippen LogP contribution in [-0.2, 0) is 0 Å². The Bertz CT molecular complexity index is 859. The highest BCUT2D eigenvalue weighted by Gasteiger charge is 2.32. The van der Waals surface area contributed by atoms with Crippen LogP contribution >= 0.6 is 0 Å². The van der Waals surface area contributed by atoms with E-state index in [9.17, 15) is 14.7 Å². The van der Waals surface area contributed by atoms with Gasteiger partial charge in [0.1, 0.15) is 5.75 Å². The van der Waals surface area contributed by atoms with Gasteiger partial charge in [-0.1, -0.05) is 18.2 Å². The molecular formula is C18H14O4. The fraction of sp³-hybridized carbons (Fsp3) is 0.111. The molecule has 4 heteroatoms. The molecule has 0 aromatic heterocycles. The number of Topliss-reactive ketones (excluding diaryl/α,β-unsaturated/α-hetero) is 2. The molecule has 110 valence electrons. The fourth-order valence-electron chi connectivity index (χ4n) is 2.72. The van der Waals surface area contributed by atoms with Gasteiger partial charge in [-0.15, -0.1) is 6.58 Å². The van der Waals surface area contributed by atoms with Gasteiger partial charge in [-0.3, -0.25) is 9.59 Å². The normalized spacial score (nSPS) is 14.2. The standard InChI is InChI=1S/C18H14O4/c1-3-4-13-16(19)12-8-6-10-5-7-11(22-2)9-14(10)15(12)18(21)17(13)20/h3,5-9,20H,1,4H2,2H3. The molecule has 1 N–H and O–H groups in total. The molecule has 22 heavy (non-hydrogen) atoms. The van der Waals surface area contributed by atoms with Crippen molar-refractivity contribution in [1.29, 1.82) is 0 Å². The predicted octanol–water partition coefficient (Wildman–Crippen LogP) is 3.62. The van der Waals surface area contributed by atoms with Crippen LogP contribution in [0.5, 0.6) is 5.75 Å². The van der Waals surface area contributed by atoms with Crippen LogP contribution in [0.1, 0.15) is 27.1 Å². The maximum atomic E-state index is 12.5. The van der Waals surface area contributed by atoms with Crippen molar-refractivity contribution in [1.82, 2.24) is 0 Å². The number of methoxy groups -OCH3 is 1. The fourth-order valence-corrected chi connectivity index (χ4v) is 2.72. The molecule has 4 nitrogen and oxygen atoms in total. The van der Waals surface area contributed by atoms with Gasteiger partial charge >= 0.3 is 0 Å². The number of ether oxygens (including phenoxy) is 1. The summed E-state index contributed by atoms with van der Waals surface area (Å²) in [5.74, 6) is -0.781. The van der Waals surface area contributed by atoms with Crippen molar-refractivity contribution in [3.63, 3.8) is 0 Å². The number of allylic oxidation sites excluding steroid dienone is 3. The van der Waals surface area contributed by atoms with E-state index in [0.717, 1.165) is 5.39 Å². The minimum Gasteiger partial charge on any atom is -0.504 e. The number of carbonyl (C=O) groups excluding carboxylic acids is 2. The summed E-state index contributed by atoms with van der Waals surface area (Å²) >= 11 is 0. The zero-order valence-corrected chi connectivity index (χ0v) is 12.1. The highest BCUT2D eigenvalue weighted by Crippen LogP contribution is 2.34. The van der Waals surface area contributed by atoms with Gasteiger partial charge in [0.05, 0.1) is 7.11 Å². The van der Waals surface area contributed by atoms with E-state index in [-0.39, 0.29) is 23.3 Å². The molecule has 0 amide bonds. The molecule has 0 fully saturated rings. The molecule has 2 aromatic carbocycles. The summed E-state index contributed by atoms with van der Waals surface area (Å²) in [5.41, 5.74) is 0.627. The number of ketones is 2. The summed E-state index contributed by atoms with van der Waals surface area (Å²) in [7, 11) is 1.53. The Morgan fingerprint density at radius 2 is 1.91 bits per heavy atom. The van der Waals surface area contributed by atoms with Crippen LogP contribution in [0.3, 0.4) is 0 Å². The van der Waals surface area contributed by atoms with Gasteiger partial charge in [0.2, 0.25) is 5.78 Å². The number of aliphatic hydroxyl groups excluding tert-OH is 1. The van der Waals surface area contributed by atoms with Crippen LogP contribution in [0, 0.1) is 0 Å². The van der Waals surface area contributed by atoms with Gasteiger partial charge in [0.15, 0.2) is 11.5 Å². The third-order valence-electron chi connectivity index (χ3n) is 3.82. The molecule has 0 unspecified atom stereocenters. The molecule has 0 saturated carbocycles. The predicted molar refractivity (Wildman–Crippen MR) is 83.6 cm³/mol. The van der Waals surface area contributed by atoms with Crippen LogP contribution in [0.4, 0.5) is 0 Å². The molecule has 0 aliphatic heterocycles. The quantitative estimate of drug-likeness (QED) is 0.878. The summed E-state index contributed by atoms with van der Waals surface area (Å²) in [5, 5.41) is 11.5. The first-order valence-electron chi connectivity index (χ1n) is 6.81. The number of hydrogen-bond acceptors (Lipinski definition) is 4. The van der Waals surface area contributed by atoms with Crippen LogP contribution in [0.15, 0.2) is 54.3 Å². The first kappa shape index (κ1) is 14.1. The molecule has 2 aromatic rings. The van der Waals surface area contributed by atoms with Crippen molar-refractivity contribution >= 4 is 22.3 Å². The van der Waals surface area contributed by atoms with Crippen molar-refractivity contribution < 1.29 is 19.4 Å². The number of hydrogen-bond donors (Lipinski definition) is 1. The van der Waals surface area contributed by atoms with Crippen molar-refractivity contribution in [2.24, 2.45) is 0 Å². The number of fused-ring (bicyclic) bond motifs is 3. The monoisotopic (exact) mass is 294 g/mol. The first-order valence-corrected chi connectivity index (χ1v) is 6.81. The minimum absolute atomic E-state index is 0.0924. The lowest BCUT2D eigenvalue weighted by atomic mass is 9.84. The van der Waals surface area contributed by atoms with Gasteiger partial charge in [-0.25, -0.2) is 0 Å². The van der Waals surface area contributed by atoms with Gasteiger partial charge in [0, 0.05) is 16.7 Å². The summed E-state index contributed by atoms with van der Waals surface area (Å²) in [6, 6.07) is 8.70. The number of benzene rings is 2. The van der Waals surface area contributed by atoms with Gasteiger partial charge in [-0.2, -0.15) is 0 Å². The second kappa shape index (κ2) is 5.15. The highest BCUT2D eigenvalue weighted by atomic mass is 16.5. The molecule has 1 aliphatic rings. The maximum absolute atomic E-state index is 12.5. The Hall–Kier alpha value is -2.88. The molecule has 0 atom stereocenters. The zero-order valence-electron chi connectivity index (χ0n) is 12.1. The molecule has 0 saturated heterocycles. The second-order valence-electron chi connectivity index (χ2n) is 5.05. The topological polar surface area (TPSA) is 63.6 Å². The van der Waals surface area contributed by atoms with Crippen molar-refractivity contribution in [3.05, 3.63) is 65.4 Å². The van der Waals surface area contributed by atoms with Gasteiger partial charge in [-0.05, 0) is 35.4 Å². The smallest absolute Gasteiger partial charge is 0.229 e. The van der Waals surface area contributed by atoms with Crippen LogP contribution in [0.25, 0.3) is 10.8 Å². The average molecular weight is 294 g/mol. The van der Waals surface area contributed by atoms with Gasteiger partial charge in [0.25, 0.3) is 0 Å². The zero-order chi connectivity index (χ0) is 15.9. The molecule has 1 aliphatic carbocycles. The molecule has 0 radical (unpaired) electrons. The lowest BCUT2D eigenvalue weighted by Crippen LogP contribution is -2.22. The Kier molecular flexibility index (Phi) is 3.29. The van der Waals surface area contributed by atoms with Crippen molar-refractivity contribution in [3.8, 4) is 5.75 Å². The van der Waals surface area contributed by atoms with E-state index in [2.05, 4.69) is 6.58 Å². The molecule has 0 bridgehead atoms. The van der Waals surface area contributed by atoms with Crippen molar-refractivity contribution in [2.75, 3.05) is 7.11 Å².